The normalized spacial score (nSPS) is 19.2. The highest BCUT2D eigenvalue weighted by atomic mass is 32.2. The van der Waals surface area contributed by atoms with Crippen LogP contribution in [0.4, 0.5) is 5.69 Å². The van der Waals surface area contributed by atoms with E-state index in [0.29, 0.717) is 24.5 Å². The molecule has 1 N–H and O–H groups in total. The first-order valence-corrected chi connectivity index (χ1v) is 11.8. The zero-order chi connectivity index (χ0) is 23.3. The molecule has 1 saturated heterocycles. The van der Waals surface area contributed by atoms with Gasteiger partial charge < -0.3 is 14.8 Å². The molecule has 3 rings (SSSR count). The summed E-state index contributed by atoms with van der Waals surface area (Å²) in [6.45, 7) is 4.47. The van der Waals surface area contributed by atoms with Gasteiger partial charge in [-0.05, 0) is 60.7 Å². The fraction of sp³-hybridized carbons (Fsp3) is 0.391. The van der Waals surface area contributed by atoms with Gasteiger partial charge in [0.05, 0.1) is 17.6 Å². The quantitative estimate of drug-likeness (QED) is 0.637. The number of hydrogen-bond acceptors (Lipinski definition) is 6. The Hall–Kier alpha value is -2.91. The van der Waals surface area contributed by atoms with Gasteiger partial charge in [-0.1, -0.05) is 19.9 Å². The molecular weight excluding hydrogens is 432 g/mol. The molecule has 0 aromatic heterocycles. The minimum absolute atomic E-state index is 0.0379. The van der Waals surface area contributed by atoms with E-state index >= 15 is 0 Å². The third-order valence-corrected chi connectivity index (χ3v) is 7.08. The smallest absolute Gasteiger partial charge is 0.338 e. The molecule has 1 heterocycles. The Bertz CT molecular complexity index is 1060. The summed E-state index contributed by atoms with van der Waals surface area (Å²) in [6, 6.07) is 12.4. The highest BCUT2D eigenvalue weighted by Crippen LogP contribution is 2.27. The summed E-state index contributed by atoms with van der Waals surface area (Å²) in [5, 5.41) is 2.61. The monoisotopic (exact) mass is 460 g/mol. The number of hydrogen-bond donors (Lipinski definition) is 1. The van der Waals surface area contributed by atoms with Crippen molar-refractivity contribution in [3.8, 4) is 5.75 Å². The number of esters is 1. The second-order valence-electron chi connectivity index (χ2n) is 8.15. The second-order valence-corrected chi connectivity index (χ2v) is 10.1. The number of nitrogens with one attached hydrogen (secondary N) is 1. The van der Waals surface area contributed by atoms with Crippen molar-refractivity contribution in [1.29, 1.82) is 0 Å². The van der Waals surface area contributed by atoms with Crippen molar-refractivity contribution < 1.29 is 27.5 Å². The lowest BCUT2D eigenvalue weighted by Gasteiger charge is -2.34. The maximum Gasteiger partial charge on any atom is 0.338 e. The Kier molecular flexibility index (Phi) is 7.52. The molecule has 2 atom stereocenters. The fourth-order valence-electron chi connectivity index (χ4n) is 3.82. The number of ether oxygens (including phenoxy) is 2. The molecule has 0 saturated carbocycles. The van der Waals surface area contributed by atoms with Crippen LogP contribution in [0.25, 0.3) is 0 Å². The molecule has 172 valence electrons. The number of carbonyl (C=O) groups excluding carboxylic acids is 2. The van der Waals surface area contributed by atoms with Crippen LogP contribution in [-0.4, -0.2) is 51.4 Å². The van der Waals surface area contributed by atoms with Crippen LogP contribution < -0.4 is 10.1 Å². The second kappa shape index (κ2) is 10.1. The lowest BCUT2D eigenvalue weighted by atomic mass is 9.94. The Morgan fingerprint density at radius 2 is 1.72 bits per heavy atom. The van der Waals surface area contributed by atoms with Crippen molar-refractivity contribution >= 4 is 27.6 Å². The number of rotatable bonds is 7. The molecule has 32 heavy (non-hydrogen) atoms. The summed E-state index contributed by atoms with van der Waals surface area (Å²) in [6.07, 6.45) is 0.983. The van der Waals surface area contributed by atoms with E-state index in [1.165, 1.54) is 28.6 Å². The van der Waals surface area contributed by atoms with Gasteiger partial charge in [-0.15, -0.1) is 0 Å². The van der Waals surface area contributed by atoms with E-state index in [0.717, 1.165) is 6.42 Å². The Labute approximate surface area is 188 Å². The molecule has 1 amide bonds. The fourth-order valence-corrected chi connectivity index (χ4v) is 5.55. The van der Waals surface area contributed by atoms with Gasteiger partial charge in [-0.3, -0.25) is 4.79 Å². The predicted octanol–water partition coefficient (Wildman–Crippen LogP) is 3.16. The summed E-state index contributed by atoms with van der Waals surface area (Å²) in [7, 11) is -2.18. The van der Waals surface area contributed by atoms with Crippen LogP contribution >= 0.6 is 0 Å². The number of carbonyl (C=O) groups is 2. The van der Waals surface area contributed by atoms with Crippen LogP contribution in [0, 0.1) is 11.8 Å². The highest BCUT2D eigenvalue weighted by Gasteiger charge is 2.32. The SMILES string of the molecule is COc1ccc(NC(=O)COC(=O)c2cccc(S(=O)(=O)N3CC(C)CC(C)C3)c2)cc1. The first-order valence-electron chi connectivity index (χ1n) is 10.4. The van der Waals surface area contributed by atoms with E-state index in [2.05, 4.69) is 5.32 Å². The number of benzene rings is 2. The van der Waals surface area contributed by atoms with Crippen molar-refractivity contribution in [2.24, 2.45) is 11.8 Å². The summed E-state index contributed by atoms with van der Waals surface area (Å²) in [5.74, 6) is -0.0922. The Balaban J connectivity index is 1.62. The van der Waals surface area contributed by atoms with Gasteiger partial charge in [0.2, 0.25) is 10.0 Å². The van der Waals surface area contributed by atoms with Crippen LogP contribution in [0.3, 0.4) is 0 Å². The summed E-state index contributed by atoms with van der Waals surface area (Å²) in [5.41, 5.74) is 0.603. The third-order valence-electron chi connectivity index (χ3n) is 5.25. The molecular formula is C23H28N2O6S. The standard InChI is InChI=1S/C23H28N2O6S/c1-16-11-17(2)14-25(13-16)32(28,29)21-6-4-5-18(12-21)23(27)31-15-22(26)24-19-7-9-20(30-3)10-8-19/h4-10,12,16-17H,11,13-15H2,1-3H3,(H,24,26). The molecule has 0 aliphatic carbocycles. The lowest BCUT2D eigenvalue weighted by molar-refractivity contribution is -0.119. The van der Waals surface area contributed by atoms with E-state index in [9.17, 15) is 18.0 Å². The van der Waals surface area contributed by atoms with Crippen LogP contribution in [0.15, 0.2) is 53.4 Å². The van der Waals surface area contributed by atoms with Crippen LogP contribution in [0.1, 0.15) is 30.6 Å². The maximum absolute atomic E-state index is 13.1. The average Bonchev–Trinajstić information content (AvgIpc) is 2.77. The van der Waals surface area contributed by atoms with E-state index in [1.807, 2.05) is 13.8 Å². The summed E-state index contributed by atoms with van der Waals surface area (Å²) < 4.78 is 37.7. The highest BCUT2D eigenvalue weighted by molar-refractivity contribution is 7.89. The molecule has 1 fully saturated rings. The van der Waals surface area contributed by atoms with Gasteiger partial charge in [0.1, 0.15) is 5.75 Å². The van der Waals surface area contributed by atoms with E-state index in [4.69, 9.17) is 9.47 Å². The molecule has 9 heteroatoms. The summed E-state index contributed by atoms with van der Waals surface area (Å²) >= 11 is 0. The van der Waals surface area contributed by atoms with Gasteiger partial charge in [0.15, 0.2) is 6.61 Å². The third kappa shape index (κ3) is 5.86. The number of sulfonamides is 1. The van der Waals surface area contributed by atoms with Gasteiger partial charge in [0.25, 0.3) is 5.91 Å². The minimum atomic E-state index is -3.73. The van der Waals surface area contributed by atoms with E-state index in [1.54, 1.807) is 31.4 Å². The Morgan fingerprint density at radius 1 is 1.06 bits per heavy atom. The number of piperidine rings is 1. The molecule has 0 bridgehead atoms. The number of amides is 1. The molecule has 2 aromatic carbocycles. The van der Waals surface area contributed by atoms with Gasteiger partial charge in [0, 0.05) is 18.8 Å². The van der Waals surface area contributed by atoms with E-state index in [-0.39, 0.29) is 22.3 Å². The first-order chi connectivity index (χ1) is 15.2. The van der Waals surface area contributed by atoms with Crippen LogP contribution in [0.5, 0.6) is 5.75 Å². The zero-order valence-electron chi connectivity index (χ0n) is 18.4. The first kappa shape index (κ1) is 23.7. The molecule has 1 aliphatic heterocycles. The summed E-state index contributed by atoms with van der Waals surface area (Å²) in [4.78, 5) is 24.5. The van der Waals surface area contributed by atoms with Crippen molar-refractivity contribution in [2.75, 3.05) is 32.1 Å². The molecule has 1 aliphatic rings. The van der Waals surface area contributed by atoms with E-state index < -0.39 is 28.5 Å². The molecule has 0 radical (unpaired) electrons. The Morgan fingerprint density at radius 3 is 2.34 bits per heavy atom. The lowest BCUT2D eigenvalue weighted by Crippen LogP contribution is -2.42. The van der Waals surface area contributed by atoms with Crippen molar-refractivity contribution in [3.05, 3.63) is 54.1 Å². The van der Waals surface area contributed by atoms with Crippen molar-refractivity contribution in [3.63, 3.8) is 0 Å². The topological polar surface area (TPSA) is 102 Å². The zero-order valence-corrected chi connectivity index (χ0v) is 19.2. The predicted molar refractivity (Wildman–Crippen MR) is 120 cm³/mol. The number of methoxy groups -OCH3 is 1. The van der Waals surface area contributed by atoms with Crippen LogP contribution in [0.2, 0.25) is 0 Å². The minimum Gasteiger partial charge on any atom is -0.497 e. The van der Waals surface area contributed by atoms with Crippen molar-refractivity contribution in [2.45, 2.75) is 25.2 Å². The van der Waals surface area contributed by atoms with Crippen LogP contribution in [-0.2, 0) is 19.6 Å². The number of nitrogens with zero attached hydrogens (tertiary/aromatic N) is 1. The molecule has 8 nitrogen and oxygen atoms in total. The maximum atomic E-state index is 13.1. The number of anilines is 1. The molecule has 2 aromatic rings. The largest absolute Gasteiger partial charge is 0.497 e. The average molecular weight is 461 g/mol. The van der Waals surface area contributed by atoms with Gasteiger partial charge in [-0.25, -0.2) is 13.2 Å². The van der Waals surface area contributed by atoms with Gasteiger partial charge >= 0.3 is 5.97 Å². The molecule has 0 spiro atoms. The van der Waals surface area contributed by atoms with Gasteiger partial charge in [-0.2, -0.15) is 4.31 Å². The van der Waals surface area contributed by atoms with Crippen molar-refractivity contribution in [1.82, 2.24) is 4.31 Å². The molecule has 2 unspecified atom stereocenters.